The molecule has 1 N–H and O–H groups in total. The fourth-order valence-electron chi connectivity index (χ4n) is 1.87. The quantitative estimate of drug-likeness (QED) is 0.438. The fraction of sp³-hybridized carbons (Fsp3) is 0.667. The number of allylic oxidation sites excluding steroid dienone is 2. The van der Waals surface area contributed by atoms with Crippen LogP contribution < -0.4 is 5.32 Å². The fourth-order valence-corrected chi connectivity index (χ4v) is 1.87. The van der Waals surface area contributed by atoms with E-state index in [1.807, 2.05) is 0 Å². The molecular weight excluding hydrogens is 138 g/mol. The Hall–Kier alpha value is -0.790. The number of carbonyl (C=O) groups excluding carboxylic acids is 1. The number of rotatable bonds is 1. The Morgan fingerprint density at radius 1 is 1.55 bits per heavy atom. The number of nitrogens with one attached hydrogen (secondary N) is 1. The number of hydrogen-bond donors (Lipinski definition) is 1. The summed E-state index contributed by atoms with van der Waals surface area (Å²) in [5, 5.41) is 2.78. The normalized spacial score (nSPS) is 41.9. The molecule has 2 heteroatoms. The Morgan fingerprint density at radius 3 is 2.73 bits per heavy atom. The van der Waals surface area contributed by atoms with Crippen molar-refractivity contribution in [3.63, 3.8) is 0 Å². The molecule has 1 saturated heterocycles. The molecule has 60 valence electrons. The van der Waals surface area contributed by atoms with Crippen LogP contribution in [0.25, 0.3) is 0 Å². The average Bonchev–Trinajstić information content (AvgIpc) is 2.33. The van der Waals surface area contributed by atoms with Crippen molar-refractivity contribution in [2.45, 2.75) is 13.3 Å². The summed E-state index contributed by atoms with van der Waals surface area (Å²) in [6.07, 6.45) is 5.59. The summed E-state index contributed by atoms with van der Waals surface area (Å²) < 4.78 is 0. The zero-order chi connectivity index (χ0) is 7.84. The van der Waals surface area contributed by atoms with Gasteiger partial charge in [0.15, 0.2) is 0 Å². The van der Waals surface area contributed by atoms with Crippen LogP contribution in [0.4, 0.5) is 0 Å². The van der Waals surface area contributed by atoms with Gasteiger partial charge in [-0.25, -0.2) is 0 Å². The summed E-state index contributed by atoms with van der Waals surface area (Å²) in [4.78, 5) is 11.0. The van der Waals surface area contributed by atoms with E-state index >= 15 is 0 Å². The van der Waals surface area contributed by atoms with E-state index in [0.717, 1.165) is 13.0 Å². The van der Waals surface area contributed by atoms with Crippen LogP contribution in [0.1, 0.15) is 13.3 Å². The van der Waals surface area contributed by atoms with Gasteiger partial charge in [0.25, 0.3) is 0 Å². The van der Waals surface area contributed by atoms with Gasteiger partial charge >= 0.3 is 0 Å². The summed E-state index contributed by atoms with van der Waals surface area (Å²) >= 11 is 0. The molecule has 0 radical (unpaired) electrons. The van der Waals surface area contributed by atoms with Crippen LogP contribution in [-0.4, -0.2) is 12.5 Å². The van der Waals surface area contributed by atoms with Crippen LogP contribution in [0.2, 0.25) is 0 Å². The van der Waals surface area contributed by atoms with Gasteiger partial charge in [-0.3, -0.25) is 4.79 Å². The van der Waals surface area contributed by atoms with Crippen molar-refractivity contribution in [2.75, 3.05) is 6.54 Å². The van der Waals surface area contributed by atoms with Crippen molar-refractivity contribution < 1.29 is 4.79 Å². The lowest BCUT2D eigenvalue weighted by atomic mass is 9.85. The lowest BCUT2D eigenvalue weighted by Crippen LogP contribution is -2.51. The molecule has 2 nitrogen and oxygen atoms in total. The van der Waals surface area contributed by atoms with Crippen molar-refractivity contribution >= 4 is 5.91 Å². The van der Waals surface area contributed by atoms with E-state index in [-0.39, 0.29) is 11.8 Å². The highest BCUT2D eigenvalue weighted by Gasteiger charge is 2.35. The number of β-lactam (4-membered cyclic amide) rings is 1. The highest BCUT2D eigenvalue weighted by Crippen LogP contribution is 2.31. The van der Waals surface area contributed by atoms with Gasteiger partial charge in [-0.15, -0.1) is 0 Å². The molecule has 0 saturated carbocycles. The lowest BCUT2D eigenvalue weighted by molar-refractivity contribution is -0.132. The van der Waals surface area contributed by atoms with Gasteiger partial charge in [0.2, 0.25) is 5.91 Å². The third kappa shape index (κ3) is 1.06. The molecule has 3 atom stereocenters. The standard InChI is InChI=1S/C9H13NO/c1-6-2-3-7(4-6)8-5-10-9(8)11/h2-3,6-8H,4-5H2,1H3,(H,10,11)/t6-,7+,8?/m0/s1. The first kappa shape index (κ1) is 6.89. The Kier molecular flexibility index (Phi) is 1.48. The molecule has 0 aromatic heterocycles. The predicted octanol–water partition coefficient (Wildman–Crippen LogP) is 0.945. The zero-order valence-corrected chi connectivity index (χ0v) is 6.71. The molecule has 2 rings (SSSR count). The van der Waals surface area contributed by atoms with E-state index in [9.17, 15) is 4.79 Å². The smallest absolute Gasteiger partial charge is 0.225 e. The molecule has 1 aliphatic heterocycles. The highest BCUT2D eigenvalue weighted by molar-refractivity contribution is 5.84. The second-order valence-corrected chi connectivity index (χ2v) is 3.61. The van der Waals surface area contributed by atoms with Gasteiger partial charge < -0.3 is 5.32 Å². The van der Waals surface area contributed by atoms with Crippen molar-refractivity contribution in [1.29, 1.82) is 0 Å². The Morgan fingerprint density at radius 2 is 2.36 bits per heavy atom. The lowest BCUT2D eigenvalue weighted by Gasteiger charge is -2.30. The van der Waals surface area contributed by atoms with Gasteiger partial charge in [-0.2, -0.15) is 0 Å². The summed E-state index contributed by atoms with van der Waals surface area (Å²) in [6, 6.07) is 0. The van der Waals surface area contributed by atoms with E-state index in [0.29, 0.717) is 11.8 Å². The van der Waals surface area contributed by atoms with Gasteiger partial charge in [-0.05, 0) is 18.3 Å². The van der Waals surface area contributed by atoms with Crippen LogP contribution in [-0.2, 0) is 4.79 Å². The molecule has 11 heavy (non-hydrogen) atoms. The summed E-state index contributed by atoms with van der Waals surface area (Å²) in [7, 11) is 0. The maximum atomic E-state index is 11.0. The maximum absolute atomic E-state index is 11.0. The van der Waals surface area contributed by atoms with Gasteiger partial charge in [0.1, 0.15) is 0 Å². The molecule has 1 unspecified atom stereocenters. The van der Waals surface area contributed by atoms with Gasteiger partial charge in [0.05, 0.1) is 5.92 Å². The minimum atomic E-state index is 0.244. The van der Waals surface area contributed by atoms with Crippen molar-refractivity contribution in [2.24, 2.45) is 17.8 Å². The Bertz CT molecular complexity index is 210. The van der Waals surface area contributed by atoms with E-state index in [1.165, 1.54) is 0 Å². The number of carbonyl (C=O) groups is 1. The first-order valence-electron chi connectivity index (χ1n) is 4.23. The largest absolute Gasteiger partial charge is 0.355 e. The van der Waals surface area contributed by atoms with Crippen molar-refractivity contribution in [1.82, 2.24) is 5.32 Å². The zero-order valence-electron chi connectivity index (χ0n) is 6.71. The van der Waals surface area contributed by atoms with Crippen molar-refractivity contribution in [3.8, 4) is 0 Å². The summed E-state index contributed by atoms with van der Waals surface area (Å²) in [5.41, 5.74) is 0. The molecular formula is C9H13NO. The highest BCUT2D eigenvalue weighted by atomic mass is 16.2. The third-order valence-corrected chi connectivity index (χ3v) is 2.68. The van der Waals surface area contributed by atoms with Crippen LogP contribution in [0.5, 0.6) is 0 Å². The molecule has 0 aromatic carbocycles. The monoisotopic (exact) mass is 151 g/mol. The molecule has 0 aromatic rings. The van der Waals surface area contributed by atoms with Crippen LogP contribution >= 0.6 is 0 Å². The molecule has 0 bridgehead atoms. The second-order valence-electron chi connectivity index (χ2n) is 3.61. The Balaban J connectivity index is 1.97. The van der Waals surface area contributed by atoms with Crippen molar-refractivity contribution in [3.05, 3.63) is 12.2 Å². The Labute approximate surface area is 66.7 Å². The molecule has 0 spiro atoms. The summed E-state index contributed by atoms with van der Waals surface area (Å²) in [5.74, 6) is 1.73. The minimum Gasteiger partial charge on any atom is -0.355 e. The van der Waals surface area contributed by atoms with E-state index < -0.39 is 0 Å². The average molecular weight is 151 g/mol. The SMILES string of the molecule is C[C@H]1C=C[C@@H](C2CNC2=O)C1. The maximum Gasteiger partial charge on any atom is 0.225 e. The van der Waals surface area contributed by atoms with E-state index in [4.69, 9.17) is 0 Å². The van der Waals surface area contributed by atoms with Crippen LogP contribution in [0.3, 0.4) is 0 Å². The number of amides is 1. The third-order valence-electron chi connectivity index (χ3n) is 2.68. The van der Waals surface area contributed by atoms with Crippen LogP contribution in [0, 0.1) is 17.8 Å². The van der Waals surface area contributed by atoms with E-state index in [2.05, 4.69) is 24.4 Å². The first-order chi connectivity index (χ1) is 5.27. The summed E-state index contributed by atoms with van der Waals surface area (Å²) in [6.45, 7) is 3.09. The van der Waals surface area contributed by atoms with E-state index in [1.54, 1.807) is 0 Å². The molecule has 1 heterocycles. The molecule has 1 fully saturated rings. The molecule has 1 aliphatic carbocycles. The van der Waals surface area contributed by atoms with Crippen LogP contribution in [0.15, 0.2) is 12.2 Å². The minimum absolute atomic E-state index is 0.244. The predicted molar refractivity (Wildman–Crippen MR) is 42.9 cm³/mol. The van der Waals surface area contributed by atoms with Gasteiger partial charge in [0, 0.05) is 6.54 Å². The first-order valence-corrected chi connectivity index (χ1v) is 4.23. The number of hydrogen-bond acceptors (Lipinski definition) is 1. The second kappa shape index (κ2) is 2.36. The van der Waals surface area contributed by atoms with Gasteiger partial charge in [-0.1, -0.05) is 19.1 Å². The molecule has 2 aliphatic rings. The molecule has 1 amide bonds. The topological polar surface area (TPSA) is 29.1 Å².